The van der Waals surface area contributed by atoms with Gasteiger partial charge in [-0.2, -0.15) is 0 Å². The molecule has 0 saturated heterocycles. The Morgan fingerprint density at radius 1 is 1.29 bits per heavy atom. The van der Waals surface area contributed by atoms with Crippen LogP contribution in [0.4, 0.5) is 0 Å². The number of benzene rings is 1. The topological polar surface area (TPSA) is 80.9 Å². The van der Waals surface area contributed by atoms with Crippen LogP contribution in [0.2, 0.25) is 0 Å². The van der Waals surface area contributed by atoms with Crippen LogP contribution >= 0.6 is 0 Å². The lowest BCUT2D eigenvalue weighted by Gasteiger charge is -2.33. The zero-order valence-corrected chi connectivity index (χ0v) is 12.4. The molecule has 1 aromatic heterocycles. The number of aromatic amines is 2. The zero-order chi connectivity index (χ0) is 14.8. The van der Waals surface area contributed by atoms with Crippen molar-refractivity contribution in [1.82, 2.24) is 15.3 Å². The summed E-state index contributed by atoms with van der Waals surface area (Å²) in [4.78, 5) is 16.9. The van der Waals surface area contributed by atoms with E-state index < -0.39 is 0 Å². The van der Waals surface area contributed by atoms with E-state index >= 15 is 0 Å². The SMILES string of the molecule is CC(NC1CCCCC1CO)c1ccc2[nH]c(=O)[nH]c2c1. The lowest BCUT2D eigenvalue weighted by Crippen LogP contribution is -2.41. The molecule has 21 heavy (non-hydrogen) atoms. The molecular weight excluding hydrogens is 266 g/mol. The van der Waals surface area contributed by atoms with Crippen LogP contribution in [0.3, 0.4) is 0 Å². The summed E-state index contributed by atoms with van der Waals surface area (Å²) in [5.74, 6) is 0.358. The first-order chi connectivity index (χ1) is 10.2. The van der Waals surface area contributed by atoms with Gasteiger partial charge in [-0.05, 0) is 43.4 Å². The van der Waals surface area contributed by atoms with Gasteiger partial charge in [-0.25, -0.2) is 4.79 Å². The highest BCUT2D eigenvalue weighted by Gasteiger charge is 2.25. The van der Waals surface area contributed by atoms with E-state index in [2.05, 4.69) is 22.2 Å². The summed E-state index contributed by atoms with van der Waals surface area (Å²) < 4.78 is 0. The van der Waals surface area contributed by atoms with Crippen molar-refractivity contribution in [3.8, 4) is 0 Å². The molecule has 0 bridgehead atoms. The number of aliphatic hydroxyl groups is 1. The number of imidazole rings is 1. The summed E-state index contributed by atoms with van der Waals surface area (Å²) in [5.41, 5.74) is 2.66. The Balaban J connectivity index is 1.76. The molecule has 0 radical (unpaired) electrons. The molecule has 4 N–H and O–H groups in total. The summed E-state index contributed by atoms with van der Waals surface area (Å²) >= 11 is 0. The molecule has 0 aliphatic heterocycles. The largest absolute Gasteiger partial charge is 0.396 e. The van der Waals surface area contributed by atoms with Crippen LogP contribution in [0.1, 0.15) is 44.2 Å². The Bertz CT molecular complexity index is 661. The van der Waals surface area contributed by atoms with Crippen LogP contribution in [-0.2, 0) is 0 Å². The minimum absolute atomic E-state index is 0.171. The number of fused-ring (bicyclic) bond motifs is 1. The number of hydrogen-bond acceptors (Lipinski definition) is 3. The summed E-state index contributed by atoms with van der Waals surface area (Å²) in [7, 11) is 0. The molecule has 1 fully saturated rings. The fourth-order valence-electron chi connectivity index (χ4n) is 3.38. The first kappa shape index (κ1) is 14.4. The molecule has 2 aromatic rings. The van der Waals surface area contributed by atoms with Gasteiger partial charge in [0, 0.05) is 18.7 Å². The molecule has 3 atom stereocenters. The Kier molecular flexibility index (Phi) is 4.12. The predicted octanol–water partition coefficient (Wildman–Crippen LogP) is 2.06. The van der Waals surface area contributed by atoms with Crippen LogP contribution in [0.5, 0.6) is 0 Å². The van der Waals surface area contributed by atoms with E-state index in [1.54, 1.807) is 0 Å². The molecule has 1 saturated carbocycles. The number of H-pyrrole nitrogens is 2. The zero-order valence-electron chi connectivity index (χ0n) is 12.4. The van der Waals surface area contributed by atoms with Crippen molar-refractivity contribution in [3.05, 3.63) is 34.2 Å². The molecule has 114 valence electrons. The number of aromatic nitrogens is 2. The van der Waals surface area contributed by atoms with Gasteiger partial charge in [0.1, 0.15) is 0 Å². The fraction of sp³-hybridized carbons (Fsp3) is 0.562. The Labute approximate surface area is 123 Å². The van der Waals surface area contributed by atoms with Crippen LogP contribution in [0, 0.1) is 5.92 Å². The van der Waals surface area contributed by atoms with Crippen molar-refractivity contribution < 1.29 is 5.11 Å². The molecule has 0 amide bonds. The molecular formula is C16H23N3O2. The Morgan fingerprint density at radius 2 is 2.05 bits per heavy atom. The standard InChI is InChI=1S/C16H23N3O2/c1-10(17-13-5-3-2-4-12(13)9-20)11-6-7-14-15(8-11)19-16(21)18-14/h6-8,10,12-13,17,20H,2-5,9H2,1H3,(H2,18,19,21). The molecule has 1 heterocycles. The van der Waals surface area contributed by atoms with Crippen LogP contribution < -0.4 is 11.0 Å². The quantitative estimate of drug-likeness (QED) is 0.695. The van der Waals surface area contributed by atoms with Crippen molar-refractivity contribution in [1.29, 1.82) is 0 Å². The van der Waals surface area contributed by atoms with E-state index in [1.807, 2.05) is 18.2 Å². The molecule has 1 aromatic carbocycles. The molecule has 5 nitrogen and oxygen atoms in total. The third-order valence-electron chi connectivity index (χ3n) is 4.65. The van der Waals surface area contributed by atoms with Gasteiger partial charge in [-0.1, -0.05) is 18.9 Å². The highest BCUT2D eigenvalue weighted by molar-refractivity contribution is 5.75. The molecule has 0 spiro atoms. The minimum atomic E-state index is -0.171. The molecule has 3 rings (SSSR count). The van der Waals surface area contributed by atoms with Gasteiger partial charge < -0.3 is 20.4 Å². The summed E-state index contributed by atoms with van der Waals surface area (Å²) in [6, 6.07) is 6.57. The highest BCUT2D eigenvalue weighted by Crippen LogP contribution is 2.27. The number of nitrogens with one attached hydrogen (secondary N) is 3. The van der Waals surface area contributed by atoms with E-state index in [0.29, 0.717) is 12.0 Å². The van der Waals surface area contributed by atoms with Gasteiger partial charge >= 0.3 is 5.69 Å². The van der Waals surface area contributed by atoms with E-state index in [4.69, 9.17) is 0 Å². The highest BCUT2D eigenvalue weighted by atomic mass is 16.3. The smallest absolute Gasteiger partial charge is 0.323 e. The van der Waals surface area contributed by atoms with Crippen molar-refractivity contribution in [2.24, 2.45) is 5.92 Å². The van der Waals surface area contributed by atoms with Crippen LogP contribution in [0.25, 0.3) is 11.0 Å². The Hall–Kier alpha value is -1.59. The van der Waals surface area contributed by atoms with E-state index in [9.17, 15) is 9.90 Å². The van der Waals surface area contributed by atoms with Gasteiger partial charge in [-0.3, -0.25) is 0 Å². The van der Waals surface area contributed by atoms with Crippen LogP contribution in [-0.4, -0.2) is 27.7 Å². The van der Waals surface area contributed by atoms with E-state index in [-0.39, 0.29) is 18.3 Å². The van der Waals surface area contributed by atoms with E-state index in [1.165, 1.54) is 12.8 Å². The van der Waals surface area contributed by atoms with Crippen molar-refractivity contribution in [2.45, 2.75) is 44.7 Å². The second-order valence-corrected chi connectivity index (χ2v) is 6.11. The van der Waals surface area contributed by atoms with Gasteiger partial charge in [0.2, 0.25) is 0 Å². The van der Waals surface area contributed by atoms with Crippen LogP contribution in [0.15, 0.2) is 23.0 Å². The third-order valence-corrected chi connectivity index (χ3v) is 4.65. The second kappa shape index (κ2) is 6.03. The first-order valence-corrected chi connectivity index (χ1v) is 7.76. The van der Waals surface area contributed by atoms with Gasteiger partial charge in [0.05, 0.1) is 11.0 Å². The van der Waals surface area contributed by atoms with Gasteiger partial charge in [0.15, 0.2) is 0 Å². The van der Waals surface area contributed by atoms with E-state index in [0.717, 1.165) is 29.4 Å². The molecule has 1 aliphatic rings. The Morgan fingerprint density at radius 3 is 2.86 bits per heavy atom. The fourth-order valence-corrected chi connectivity index (χ4v) is 3.38. The lowest BCUT2D eigenvalue weighted by atomic mass is 9.84. The average molecular weight is 289 g/mol. The molecule has 5 heteroatoms. The molecule has 1 aliphatic carbocycles. The average Bonchev–Trinajstić information content (AvgIpc) is 2.86. The first-order valence-electron chi connectivity index (χ1n) is 7.76. The van der Waals surface area contributed by atoms with Crippen molar-refractivity contribution in [2.75, 3.05) is 6.61 Å². The van der Waals surface area contributed by atoms with Gasteiger partial charge in [-0.15, -0.1) is 0 Å². The summed E-state index contributed by atoms with van der Waals surface area (Å²) in [6.07, 6.45) is 4.67. The predicted molar refractivity (Wildman–Crippen MR) is 83.3 cm³/mol. The second-order valence-electron chi connectivity index (χ2n) is 6.11. The third kappa shape index (κ3) is 3.04. The maximum absolute atomic E-state index is 11.3. The maximum atomic E-state index is 11.3. The molecule has 3 unspecified atom stereocenters. The number of aliphatic hydroxyl groups excluding tert-OH is 1. The minimum Gasteiger partial charge on any atom is -0.396 e. The number of hydrogen-bond donors (Lipinski definition) is 4. The summed E-state index contributed by atoms with van der Waals surface area (Å²) in [6.45, 7) is 2.39. The number of rotatable bonds is 4. The monoisotopic (exact) mass is 289 g/mol. The maximum Gasteiger partial charge on any atom is 0.323 e. The summed E-state index contributed by atoms with van der Waals surface area (Å²) in [5, 5.41) is 13.2. The lowest BCUT2D eigenvalue weighted by molar-refractivity contribution is 0.147. The van der Waals surface area contributed by atoms with Crippen molar-refractivity contribution >= 4 is 11.0 Å². The van der Waals surface area contributed by atoms with Gasteiger partial charge in [0.25, 0.3) is 0 Å². The van der Waals surface area contributed by atoms with Crippen molar-refractivity contribution in [3.63, 3.8) is 0 Å². The normalized spacial score (nSPS) is 24.3.